The monoisotopic (exact) mass is 720 g/mol. The van der Waals surface area contributed by atoms with Crippen molar-refractivity contribution >= 4 is 52.8 Å². The number of carbonyl (C=O) groups is 4. The highest BCUT2D eigenvalue weighted by molar-refractivity contribution is 6.33. The summed E-state index contributed by atoms with van der Waals surface area (Å²) in [7, 11) is 2.67. The topological polar surface area (TPSA) is 120 Å². The quantitative estimate of drug-likeness (QED) is 0.233. The number of aromatic hydroxyl groups is 1. The molecule has 4 aliphatic rings. The number of pyridine rings is 1. The van der Waals surface area contributed by atoms with Gasteiger partial charge in [0.15, 0.2) is 17.3 Å². The smallest absolute Gasteiger partial charge is 0.433 e. The lowest BCUT2D eigenvalue weighted by molar-refractivity contribution is -0.141. The molecule has 14 heteroatoms. The van der Waals surface area contributed by atoms with Gasteiger partial charge in [-0.15, -0.1) is 0 Å². The number of benzene rings is 2. The Kier molecular flexibility index (Phi) is 8.24. The predicted octanol–water partition coefficient (Wildman–Crippen LogP) is 6.30. The third kappa shape index (κ3) is 5.28. The highest BCUT2D eigenvalue weighted by Crippen LogP contribution is 2.61. The number of hydrogen-bond acceptors (Lipinski definition) is 8. The standard InChI is InChI=1S/C37H32ClF3N4O6/c1-36-24(13-9-19-10-15-27(46)28(17-19)51-3)21-11-12-22-30(23(21)18-25(36)33(48)44(35(36)50)20-7-5-4-6-8-20)34(49)45(32(22)47)43(2)31-26(38)14-16-29(42-31)37(39,40)41/h4-11,13-17,22-25,30,46H,12,18H2,1-3H3. The number of para-hydroxylation sites is 1. The second-order valence-corrected chi connectivity index (χ2v) is 13.8. The third-order valence-corrected chi connectivity index (χ3v) is 11.0. The van der Waals surface area contributed by atoms with Crippen LogP contribution in [0.15, 0.2) is 78.4 Å². The molecule has 51 heavy (non-hydrogen) atoms. The van der Waals surface area contributed by atoms with E-state index in [-0.39, 0.29) is 29.4 Å². The summed E-state index contributed by atoms with van der Waals surface area (Å²) in [5.74, 6) is -6.41. The molecule has 3 heterocycles. The van der Waals surface area contributed by atoms with Crippen molar-refractivity contribution in [1.82, 2.24) is 9.99 Å². The van der Waals surface area contributed by atoms with E-state index in [9.17, 15) is 37.5 Å². The first-order chi connectivity index (χ1) is 24.2. The normalized spacial score (nSPS) is 27.4. The zero-order chi connectivity index (χ0) is 36.6. The summed E-state index contributed by atoms with van der Waals surface area (Å²) >= 11 is 6.25. The maximum Gasteiger partial charge on any atom is 0.433 e. The molecule has 3 aromatic rings. The van der Waals surface area contributed by atoms with Crippen LogP contribution in [0.5, 0.6) is 11.5 Å². The van der Waals surface area contributed by atoms with Crippen LogP contribution >= 0.6 is 11.6 Å². The maximum absolute atomic E-state index is 14.4. The lowest BCUT2D eigenvalue weighted by atomic mass is 9.52. The number of phenolic OH excluding ortho intramolecular Hbond substituents is 1. The summed E-state index contributed by atoms with van der Waals surface area (Å²) in [4.78, 5) is 61.8. The van der Waals surface area contributed by atoms with Crippen LogP contribution in [0.25, 0.3) is 6.08 Å². The van der Waals surface area contributed by atoms with Crippen LogP contribution in [0, 0.1) is 35.0 Å². The second-order valence-electron chi connectivity index (χ2n) is 13.3. The molecule has 0 spiro atoms. The number of nitrogens with zero attached hydrogens (tertiary/aromatic N) is 4. The minimum absolute atomic E-state index is 0.0592. The van der Waals surface area contributed by atoms with Gasteiger partial charge in [-0.25, -0.2) is 9.88 Å². The number of hydrogen-bond donors (Lipinski definition) is 1. The number of carbonyl (C=O) groups excluding carboxylic acids is 4. The summed E-state index contributed by atoms with van der Waals surface area (Å²) in [6.45, 7) is 1.75. The van der Waals surface area contributed by atoms with Crippen LogP contribution in [0.4, 0.5) is 24.7 Å². The first-order valence-electron chi connectivity index (χ1n) is 16.2. The van der Waals surface area contributed by atoms with Crippen molar-refractivity contribution in [2.45, 2.75) is 25.9 Å². The van der Waals surface area contributed by atoms with E-state index in [0.717, 1.165) is 16.1 Å². The van der Waals surface area contributed by atoms with E-state index in [1.807, 2.05) is 12.2 Å². The highest BCUT2D eigenvalue weighted by atomic mass is 35.5. The molecule has 2 aromatic carbocycles. The van der Waals surface area contributed by atoms with Gasteiger partial charge in [0.25, 0.3) is 11.8 Å². The number of fused-ring (bicyclic) bond motifs is 4. The fourth-order valence-electron chi connectivity index (χ4n) is 8.24. The molecule has 10 nitrogen and oxygen atoms in total. The van der Waals surface area contributed by atoms with Crippen molar-refractivity contribution in [1.29, 1.82) is 0 Å². The molecule has 6 atom stereocenters. The molecule has 1 N–H and O–H groups in total. The number of allylic oxidation sites excluding steroid dienone is 3. The van der Waals surface area contributed by atoms with E-state index in [0.29, 0.717) is 22.9 Å². The minimum Gasteiger partial charge on any atom is -0.504 e. The van der Waals surface area contributed by atoms with Crippen molar-refractivity contribution < 1.29 is 42.2 Å². The van der Waals surface area contributed by atoms with Gasteiger partial charge in [-0.1, -0.05) is 59.7 Å². The highest BCUT2D eigenvalue weighted by Gasteiger charge is 2.67. The summed E-state index contributed by atoms with van der Waals surface area (Å²) < 4.78 is 45.9. The lowest BCUT2D eigenvalue weighted by Crippen LogP contribution is -2.50. The van der Waals surface area contributed by atoms with Crippen LogP contribution in [-0.4, -0.2) is 52.9 Å². The van der Waals surface area contributed by atoms with Crippen LogP contribution in [0.1, 0.15) is 31.0 Å². The molecule has 3 fully saturated rings. The van der Waals surface area contributed by atoms with Gasteiger partial charge in [-0.2, -0.15) is 18.2 Å². The zero-order valence-corrected chi connectivity index (χ0v) is 28.4. The minimum atomic E-state index is -4.80. The molecule has 0 bridgehead atoms. The second kappa shape index (κ2) is 12.3. The van der Waals surface area contributed by atoms with E-state index >= 15 is 0 Å². The average Bonchev–Trinajstić information content (AvgIpc) is 3.47. The molecular formula is C37H32ClF3N4O6. The Balaban J connectivity index is 1.30. The zero-order valence-electron chi connectivity index (χ0n) is 27.6. The first kappa shape index (κ1) is 34.3. The van der Waals surface area contributed by atoms with Gasteiger partial charge >= 0.3 is 6.18 Å². The van der Waals surface area contributed by atoms with Crippen molar-refractivity contribution in [3.63, 3.8) is 0 Å². The Hall–Kier alpha value is -5.17. The van der Waals surface area contributed by atoms with Crippen molar-refractivity contribution in [3.8, 4) is 11.5 Å². The van der Waals surface area contributed by atoms with Gasteiger partial charge < -0.3 is 9.84 Å². The molecule has 1 aromatic heterocycles. The number of alkyl halides is 3. The number of phenols is 1. The Morgan fingerprint density at radius 1 is 1.02 bits per heavy atom. The van der Waals surface area contributed by atoms with Gasteiger partial charge in [-0.3, -0.25) is 24.2 Å². The molecule has 7 rings (SSSR count). The first-order valence-corrected chi connectivity index (χ1v) is 16.6. The number of methoxy groups -OCH3 is 1. The Morgan fingerprint density at radius 2 is 1.75 bits per heavy atom. The number of hydrazine groups is 1. The van der Waals surface area contributed by atoms with Crippen LogP contribution in [0.3, 0.4) is 0 Å². The number of aromatic nitrogens is 1. The summed E-state index contributed by atoms with van der Waals surface area (Å²) in [5, 5.41) is 11.7. The molecule has 6 unspecified atom stereocenters. The van der Waals surface area contributed by atoms with Gasteiger partial charge in [0.1, 0.15) is 5.69 Å². The van der Waals surface area contributed by atoms with Gasteiger partial charge in [0, 0.05) is 13.0 Å². The molecular weight excluding hydrogens is 689 g/mol. The van der Waals surface area contributed by atoms with Crippen molar-refractivity contribution in [2.75, 3.05) is 24.1 Å². The molecule has 2 aliphatic carbocycles. The van der Waals surface area contributed by atoms with E-state index < -0.39 is 76.3 Å². The summed E-state index contributed by atoms with van der Waals surface area (Å²) in [6.07, 6.45) is 0.844. The summed E-state index contributed by atoms with van der Waals surface area (Å²) in [5.41, 5.74) is -0.738. The third-order valence-electron chi connectivity index (χ3n) is 10.7. The molecule has 2 saturated heterocycles. The number of anilines is 2. The molecule has 1 saturated carbocycles. The Morgan fingerprint density at radius 3 is 2.43 bits per heavy atom. The van der Waals surface area contributed by atoms with E-state index in [2.05, 4.69) is 4.98 Å². The lowest BCUT2D eigenvalue weighted by Gasteiger charge is -2.47. The van der Waals surface area contributed by atoms with Gasteiger partial charge in [0.05, 0.1) is 41.0 Å². The number of halogens is 4. The fourth-order valence-corrected chi connectivity index (χ4v) is 8.46. The van der Waals surface area contributed by atoms with E-state index in [1.54, 1.807) is 55.5 Å². The van der Waals surface area contributed by atoms with Crippen molar-refractivity contribution in [2.24, 2.45) is 35.0 Å². The molecule has 264 valence electrons. The van der Waals surface area contributed by atoms with Gasteiger partial charge in [0.2, 0.25) is 11.8 Å². The Bertz CT molecular complexity index is 2040. The predicted molar refractivity (Wildman–Crippen MR) is 180 cm³/mol. The molecule has 4 amide bonds. The Labute approximate surface area is 295 Å². The fraction of sp³-hybridized carbons (Fsp3) is 0.324. The van der Waals surface area contributed by atoms with Crippen LogP contribution in [0.2, 0.25) is 5.02 Å². The SMILES string of the molecule is COc1cc(C=CC2C3=CCC4C(=O)N(N(C)c5nc(C(F)(F)F)ccc5Cl)C(=O)C4C3CC3C(=O)N(c4ccccc4)C(=O)C23C)ccc1O. The number of imide groups is 2. The van der Waals surface area contributed by atoms with Crippen LogP contribution in [-0.2, 0) is 25.4 Å². The maximum atomic E-state index is 14.4. The number of amides is 4. The number of rotatable bonds is 6. The van der Waals surface area contributed by atoms with E-state index in [1.165, 1.54) is 25.1 Å². The molecule has 2 aliphatic heterocycles. The molecule has 0 radical (unpaired) electrons. The summed E-state index contributed by atoms with van der Waals surface area (Å²) in [6, 6.07) is 15.0. The average molecular weight is 721 g/mol. The van der Waals surface area contributed by atoms with E-state index in [4.69, 9.17) is 16.3 Å². The van der Waals surface area contributed by atoms with Crippen LogP contribution < -0.4 is 14.6 Å². The largest absolute Gasteiger partial charge is 0.504 e. The van der Waals surface area contributed by atoms with Crippen molar-refractivity contribution in [3.05, 3.63) is 94.7 Å². The van der Waals surface area contributed by atoms with Gasteiger partial charge in [-0.05, 0) is 67.6 Å². The number of ether oxygens (including phenoxy) is 1.